The maximum atomic E-state index is 12.3. The van der Waals surface area contributed by atoms with Gasteiger partial charge in [-0.05, 0) is 48.4 Å². The maximum Gasteiger partial charge on any atom is 0.271 e. The van der Waals surface area contributed by atoms with E-state index in [-0.39, 0.29) is 11.3 Å². The quantitative estimate of drug-likeness (QED) is 0.369. The van der Waals surface area contributed by atoms with Gasteiger partial charge in [0.2, 0.25) is 0 Å². The number of non-ortho nitro benzene ring substituents is 1. The molecule has 0 atom stereocenters. The molecule has 0 aliphatic carbocycles. The van der Waals surface area contributed by atoms with Crippen molar-refractivity contribution in [2.24, 2.45) is 5.10 Å². The Morgan fingerprint density at radius 1 is 0.933 bits per heavy atom. The number of nitrogens with zero attached hydrogens (tertiary/aromatic N) is 2. The molecule has 0 aliphatic heterocycles. The van der Waals surface area contributed by atoms with Crippen LogP contribution in [0, 0.1) is 17.0 Å². The van der Waals surface area contributed by atoms with Crippen LogP contribution in [0.5, 0.6) is 0 Å². The highest BCUT2D eigenvalue weighted by Gasteiger charge is 2.12. The number of carbonyl (C=O) groups is 2. The minimum absolute atomic E-state index is 0.163. The van der Waals surface area contributed by atoms with E-state index in [9.17, 15) is 19.7 Å². The first-order chi connectivity index (χ1) is 14.4. The van der Waals surface area contributed by atoms with Gasteiger partial charge in [0.25, 0.3) is 17.5 Å². The number of carbonyl (C=O) groups excluding carboxylic acids is 2. The van der Waals surface area contributed by atoms with Gasteiger partial charge < -0.3 is 5.32 Å². The number of anilines is 1. The summed E-state index contributed by atoms with van der Waals surface area (Å²) in [4.78, 5) is 34.7. The van der Waals surface area contributed by atoms with E-state index in [0.717, 1.165) is 11.1 Å². The second-order valence-corrected chi connectivity index (χ2v) is 6.39. The topological polar surface area (TPSA) is 114 Å². The zero-order valence-corrected chi connectivity index (χ0v) is 16.0. The molecule has 0 saturated heterocycles. The molecule has 0 aromatic heterocycles. The van der Waals surface area contributed by atoms with Crippen molar-refractivity contribution in [2.75, 3.05) is 5.32 Å². The van der Waals surface area contributed by atoms with Crippen LogP contribution in [-0.2, 0) is 0 Å². The highest BCUT2D eigenvalue weighted by molar-refractivity contribution is 6.05. The summed E-state index contributed by atoms with van der Waals surface area (Å²) in [5.41, 5.74) is 5.21. The number of hydrogen-bond donors (Lipinski definition) is 2. The van der Waals surface area contributed by atoms with Gasteiger partial charge in [-0.15, -0.1) is 0 Å². The van der Waals surface area contributed by atoms with Gasteiger partial charge >= 0.3 is 0 Å². The largest absolute Gasteiger partial charge is 0.322 e. The van der Waals surface area contributed by atoms with Crippen molar-refractivity contribution in [2.45, 2.75) is 6.92 Å². The molecule has 0 unspecified atom stereocenters. The van der Waals surface area contributed by atoms with Crippen LogP contribution < -0.4 is 10.7 Å². The van der Waals surface area contributed by atoms with Crippen LogP contribution in [0.15, 0.2) is 77.9 Å². The fourth-order valence-corrected chi connectivity index (χ4v) is 2.63. The van der Waals surface area contributed by atoms with E-state index in [2.05, 4.69) is 15.8 Å². The SMILES string of the molecule is Cc1ccccc1/C=N/NC(=O)c1ccc(NC(=O)c2cccc([N+](=O)[O-])c2)cc1. The normalized spacial score (nSPS) is 10.6. The monoisotopic (exact) mass is 402 g/mol. The first-order valence-corrected chi connectivity index (χ1v) is 8.99. The fourth-order valence-electron chi connectivity index (χ4n) is 2.63. The molecule has 0 fully saturated rings. The second kappa shape index (κ2) is 9.24. The van der Waals surface area contributed by atoms with Gasteiger partial charge in [-0.2, -0.15) is 5.10 Å². The van der Waals surface area contributed by atoms with Crippen molar-refractivity contribution in [1.82, 2.24) is 5.43 Å². The lowest BCUT2D eigenvalue weighted by molar-refractivity contribution is -0.384. The van der Waals surface area contributed by atoms with Crippen molar-refractivity contribution in [3.05, 3.63) is 105 Å². The summed E-state index contributed by atoms with van der Waals surface area (Å²) in [5.74, 6) is -0.880. The smallest absolute Gasteiger partial charge is 0.271 e. The summed E-state index contributed by atoms with van der Waals surface area (Å²) < 4.78 is 0. The maximum absolute atomic E-state index is 12.3. The van der Waals surface area contributed by atoms with Crippen LogP contribution in [-0.4, -0.2) is 23.0 Å². The molecule has 0 aliphatic rings. The molecule has 0 radical (unpaired) electrons. The highest BCUT2D eigenvalue weighted by Crippen LogP contribution is 2.16. The summed E-state index contributed by atoms with van der Waals surface area (Å²) >= 11 is 0. The number of nitrogens with one attached hydrogen (secondary N) is 2. The van der Waals surface area contributed by atoms with Crippen LogP contribution >= 0.6 is 0 Å². The number of hydrogen-bond acceptors (Lipinski definition) is 5. The van der Waals surface area contributed by atoms with Crippen LogP contribution in [0.2, 0.25) is 0 Å². The standard InChI is InChI=1S/C22H18N4O4/c1-15-5-2-3-6-18(15)14-23-25-22(28)16-9-11-19(12-10-16)24-21(27)17-7-4-8-20(13-17)26(29)30/h2-14H,1H3,(H,24,27)(H,25,28)/b23-14+. The first-order valence-electron chi connectivity index (χ1n) is 8.99. The summed E-state index contributed by atoms with van der Waals surface area (Å²) in [6, 6.07) is 19.3. The van der Waals surface area contributed by atoms with Gasteiger partial charge in [-0.1, -0.05) is 30.3 Å². The number of rotatable bonds is 6. The van der Waals surface area contributed by atoms with Crippen molar-refractivity contribution in [3.8, 4) is 0 Å². The Kier molecular flexibility index (Phi) is 6.29. The van der Waals surface area contributed by atoms with E-state index in [1.54, 1.807) is 30.5 Å². The summed E-state index contributed by atoms with van der Waals surface area (Å²) in [7, 11) is 0. The van der Waals surface area contributed by atoms with Crippen molar-refractivity contribution in [3.63, 3.8) is 0 Å². The molecule has 0 bridgehead atoms. The Bertz CT molecular complexity index is 1120. The van der Waals surface area contributed by atoms with E-state index in [0.29, 0.717) is 11.3 Å². The molecule has 0 heterocycles. The molecule has 8 heteroatoms. The van der Waals surface area contributed by atoms with Crippen molar-refractivity contribution in [1.29, 1.82) is 0 Å². The van der Waals surface area contributed by atoms with E-state index >= 15 is 0 Å². The number of nitro benzene ring substituents is 1. The molecule has 2 N–H and O–H groups in total. The van der Waals surface area contributed by atoms with Crippen LogP contribution in [0.1, 0.15) is 31.8 Å². The van der Waals surface area contributed by atoms with Gasteiger partial charge in [0.1, 0.15) is 0 Å². The van der Waals surface area contributed by atoms with E-state index in [1.807, 2.05) is 31.2 Å². The molecule has 3 aromatic carbocycles. The molecule has 0 spiro atoms. The number of benzene rings is 3. The van der Waals surface area contributed by atoms with Crippen LogP contribution in [0.3, 0.4) is 0 Å². The zero-order valence-electron chi connectivity index (χ0n) is 16.0. The average molecular weight is 402 g/mol. The van der Waals surface area contributed by atoms with Gasteiger partial charge in [-0.3, -0.25) is 19.7 Å². The van der Waals surface area contributed by atoms with E-state index < -0.39 is 16.7 Å². The predicted molar refractivity (Wildman–Crippen MR) is 114 cm³/mol. The van der Waals surface area contributed by atoms with Crippen molar-refractivity contribution < 1.29 is 14.5 Å². The lowest BCUT2D eigenvalue weighted by Gasteiger charge is -2.06. The Hall–Kier alpha value is -4.33. The minimum atomic E-state index is -0.564. The Morgan fingerprint density at radius 3 is 2.37 bits per heavy atom. The third-order valence-electron chi connectivity index (χ3n) is 4.28. The highest BCUT2D eigenvalue weighted by atomic mass is 16.6. The third-order valence-corrected chi connectivity index (χ3v) is 4.28. The molecular weight excluding hydrogens is 384 g/mol. The molecule has 30 heavy (non-hydrogen) atoms. The van der Waals surface area contributed by atoms with E-state index in [1.165, 1.54) is 24.3 Å². The second-order valence-electron chi connectivity index (χ2n) is 6.39. The van der Waals surface area contributed by atoms with E-state index in [4.69, 9.17) is 0 Å². The molecule has 3 rings (SSSR count). The van der Waals surface area contributed by atoms with Gasteiger partial charge in [0, 0.05) is 28.9 Å². The van der Waals surface area contributed by atoms with Gasteiger partial charge in [0.05, 0.1) is 11.1 Å². The van der Waals surface area contributed by atoms with Crippen LogP contribution in [0.25, 0.3) is 0 Å². The summed E-state index contributed by atoms with van der Waals surface area (Å²) in [5, 5.41) is 17.4. The summed E-state index contributed by atoms with van der Waals surface area (Å²) in [6.07, 6.45) is 1.57. The third kappa shape index (κ3) is 5.14. The Balaban J connectivity index is 1.61. The minimum Gasteiger partial charge on any atom is -0.322 e. The molecule has 2 amide bonds. The van der Waals surface area contributed by atoms with Gasteiger partial charge in [-0.25, -0.2) is 5.43 Å². The number of amides is 2. The molecule has 3 aromatic rings. The summed E-state index contributed by atoms with van der Waals surface area (Å²) in [6.45, 7) is 1.95. The molecular formula is C22H18N4O4. The lowest BCUT2D eigenvalue weighted by Crippen LogP contribution is -2.18. The van der Waals surface area contributed by atoms with Gasteiger partial charge in [0.15, 0.2) is 0 Å². The molecule has 8 nitrogen and oxygen atoms in total. The predicted octanol–water partition coefficient (Wildman–Crippen LogP) is 3.92. The Morgan fingerprint density at radius 2 is 1.67 bits per heavy atom. The number of hydrazone groups is 1. The zero-order chi connectivity index (χ0) is 21.5. The lowest BCUT2D eigenvalue weighted by atomic mass is 10.1. The number of aryl methyl sites for hydroxylation is 1. The van der Waals surface area contributed by atoms with Crippen LogP contribution in [0.4, 0.5) is 11.4 Å². The van der Waals surface area contributed by atoms with Crippen molar-refractivity contribution >= 4 is 29.4 Å². The first kappa shape index (κ1) is 20.4. The fraction of sp³-hybridized carbons (Fsp3) is 0.0455. The molecule has 150 valence electrons. The average Bonchev–Trinajstić information content (AvgIpc) is 2.75. The molecule has 0 saturated carbocycles. The Labute approximate surface area is 172 Å². The number of nitro groups is 1.